The van der Waals surface area contributed by atoms with Gasteiger partial charge < -0.3 is 10.3 Å². The largest absolute Gasteiger partial charge is 0.356 e. The molecule has 0 radical (unpaired) electrons. The highest BCUT2D eigenvalue weighted by atomic mass is 35.5. The van der Waals surface area contributed by atoms with Crippen LogP contribution in [-0.2, 0) is 6.54 Å². The third kappa shape index (κ3) is 2.82. The van der Waals surface area contributed by atoms with Gasteiger partial charge in [-0.05, 0) is 31.0 Å². The number of aromatic amines is 1. The van der Waals surface area contributed by atoms with Crippen LogP contribution in [0.15, 0.2) is 48.5 Å². The van der Waals surface area contributed by atoms with Gasteiger partial charge in [0.05, 0.1) is 5.02 Å². The number of aryl methyl sites for hydroxylation is 1. The topological polar surface area (TPSA) is 27.8 Å². The number of hydrogen-bond acceptors (Lipinski definition) is 1. The zero-order chi connectivity index (χ0) is 14.8. The van der Waals surface area contributed by atoms with E-state index in [1.807, 2.05) is 18.2 Å². The molecule has 3 heteroatoms. The second-order valence-corrected chi connectivity index (χ2v) is 5.80. The molecule has 108 valence electrons. The average Bonchev–Trinajstić information content (AvgIpc) is 2.82. The number of hydrogen-bond donors (Lipinski definition) is 2. The van der Waals surface area contributed by atoms with Crippen molar-refractivity contribution in [3.8, 4) is 0 Å². The van der Waals surface area contributed by atoms with Gasteiger partial charge in [-0.25, -0.2) is 0 Å². The summed E-state index contributed by atoms with van der Waals surface area (Å²) >= 11 is 6.45. The molecule has 21 heavy (non-hydrogen) atoms. The molecule has 0 aliphatic carbocycles. The summed E-state index contributed by atoms with van der Waals surface area (Å²) in [4.78, 5) is 3.39. The van der Waals surface area contributed by atoms with E-state index < -0.39 is 0 Å². The molecule has 1 heterocycles. The molecule has 0 saturated carbocycles. The lowest BCUT2D eigenvalue weighted by Crippen LogP contribution is -2.19. The highest BCUT2D eigenvalue weighted by Gasteiger charge is 2.11. The van der Waals surface area contributed by atoms with Crippen LogP contribution in [-0.4, -0.2) is 4.98 Å². The van der Waals surface area contributed by atoms with Crippen LogP contribution in [0.5, 0.6) is 0 Å². The minimum Gasteiger partial charge on any atom is -0.356 e. The van der Waals surface area contributed by atoms with Crippen molar-refractivity contribution < 1.29 is 0 Å². The second-order valence-electron chi connectivity index (χ2n) is 5.42. The Morgan fingerprint density at radius 1 is 1.10 bits per heavy atom. The number of fused-ring (bicyclic) bond motifs is 1. The summed E-state index contributed by atoms with van der Waals surface area (Å²) in [6.45, 7) is 5.05. The van der Waals surface area contributed by atoms with Crippen LogP contribution in [0, 0.1) is 6.92 Å². The highest BCUT2D eigenvalue weighted by molar-refractivity contribution is 6.36. The van der Waals surface area contributed by atoms with Crippen molar-refractivity contribution in [2.75, 3.05) is 0 Å². The lowest BCUT2D eigenvalue weighted by Gasteiger charge is -2.16. The smallest absolute Gasteiger partial charge is 0.0705 e. The van der Waals surface area contributed by atoms with E-state index >= 15 is 0 Å². The molecule has 0 amide bonds. The van der Waals surface area contributed by atoms with Crippen LogP contribution >= 0.6 is 11.6 Å². The maximum absolute atomic E-state index is 6.45. The number of para-hydroxylation sites is 1. The molecular formula is C18H19ClN2. The van der Waals surface area contributed by atoms with Gasteiger partial charge >= 0.3 is 0 Å². The third-order valence-corrected chi connectivity index (χ3v) is 4.39. The Hall–Kier alpha value is -1.77. The number of nitrogens with one attached hydrogen (secondary N) is 2. The maximum atomic E-state index is 6.45. The number of H-pyrrole nitrogens is 1. The van der Waals surface area contributed by atoms with E-state index in [1.54, 1.807) is 0 Å². The lowest BCUT2D eigenvalue weighted by molar-refractivity contribution is 0.567. The van der Waals surface area contributed by atoms with Gasteiger partial charge in [-0.15, -0.1) is 0 Å². The van der Waals surface area contributed by atoms with E-state index in [2.05, 4.69) is 54.5 Å². The van der Waals surface area contributed by atoms with Crippen molar-refractivity contribution >= 4 is 22.5 Å². The molecule has 0 unspecified atom stereocenters. The van der Waals surface area contributed by atoms with Gasteiger partial charge in [0.25, 0.3) is 0 Å². The van der Waals surface area contributed by atoms with Gasteiger partial charge in [0.15, 0.2) is 0 Å². The fourth-order valence-corrected chi connectivity index (χ4v) is 3.00. The summed E-state index contributed by atoms with van der Waals surface area (Å²) in [5.74, 6) is 0. The predicted octanol–water partition coefficient (Wildman–Crippen LogP) is 4.98. The Morgan fingerprint density at radius 2 is 1.81 bits per heavy atom. The molecule has 0 spiro atoms. The first kappa shape index (κ1) is 14.2. The Morgan fingerprint density at radius 3 is 2.57 bits per heavy atom. The minimum absolute atomic E-state index is 0.286. The highest BCUT2D eigenvalue weighted by Crippen LogP contribution is 2.27. The van der Waals surface area contributed by atoms with Crippen molar-refractivity contribution in [3.63, 3.8) is 0 Å². The average molecular weight is 299 g/mol. The van der Waals surface area contributed by atoms with Crippen molar-refractivity contribution in [2.24, 2.45) is 0 Å². The standard InChI is InChI=1S/C18H19ClN2/c1-12-7-3-4-8-14(12)13(2)20-11-17-18(19)15-9-5-6-10-16(15)21-17/h3-10,13,20-21H,11H2,1-2H3/t13-/m1/s1. The SMILES string of the molecule is Cc1ccccc1[C@@H](C)NCc1[nH]c2ccccc2c1Cl. The quantitative estimate of drug-likeness (QED) is 0.698. The number of halogens is 1. The van der Waals surface area contributed by atoms with Gasteiger partial charge in [-0.2, -0.15) is 0 Å². The Labute approximate surface area is 130 Å². The summed E-state index contributed by atoms with van der Waals surface area (Å²) in [5, 5.41) is 5.44. The van der Waals surface area contributed by atoms with E-state index in [-0.39, 0.29) is 6.04 Å². The molecule has 0 aliphatic rings. The summed E-state index contributed by atoms with van der Waals surface area (Å²) in [6, 6.07) is 16.9. The van der Waals surface area contributed by atoms with E-state index in [0.29, 0.717) is 0 Å². The van der Waals surface area contributed by atoms with Gasteiger partial charge in [0, 0.05) is 29.2 Å². The first-order chi connectivity index (χ1) is 10.2. The lowest BCUT2D eigenvalue weighted by atomic mass is 10.0. The van der Waals surface area contributed by atoms with Crippen LogP contribution in [0.1, 0.15) is 29.8 Å². The number of benzene rings is 2. The molecule has 2 nitrogen and oxygen atoms in total. The van der Waals surface area contributed by atoms with E-state index in [0.717, 1.165) is 28.2 Å². The first-order valence-electron chi connectivity index (χ1n) is 7.21. The summed E-state index contributed by atoms with van der Waals surface area (Å²) < 4.78 is 0. The van der Waals surface area contributed by atoms with Crippen LogP contribution in [0.4, 0.5) is 0 Å². The molecular weight excluding hydrogens is 280 g/mol. The molecule has 3 aromatic rings. The van der Waals surface area contributed by atoms with Crippen LogP contribution < -0.4 is 5.32 Å². The molecule has 0 bridgehead atoms. The predicted molar refractivity (Wildman–Crippen MR) is 89.7 cm³/mol. The molecule has 0 saturated heterocycles. The second kappa shape index (κ2) is 5.92. The van der Waals surface area contributed by atoms with Crippen molar-refractivity contribution in [3.05, 3.63) is 70.4 Å². The molecule has 1 atom stereocenters. The van der Waals surface area contributed by atoms with Gasteiger partial charge in [-0.3, -0.25) is 0 Å². The summed E-state index contributed by atoms with van der Waals surface area (Å²) in [5.41, 5.74) is 4.76. The zero-order valence-corrected chi connectivity index (χ0v) is 13.0. The van der Waals surface area contributed by atoms with E-state index in [1.165, 1.54) is 11.1 Å². The van der Waals surface area contributed by atoms with Crippen molar-refractivity contribution in [2.45, 2.75) is 26.4 Å². The summed E-state index contributed by atoms with van der Waals surface area (Å²) in [7, 11) is 0. The molecule has 2 N–H and O–H groups in total. The van der Waals surface area contributed by atoms with Gasteiger partial charge in [0.2, 0.25) is 0 Å². The fraction of sp³-hybridized carbons (Fsp3) is 0.222. The van der Waals surface area contributed by atoms with E-state index in [4.69, 9.17) is 11.6 Å². The Kier molecular flexibility index (Phi) is 4.00. The Balaban J connectivity index is 1.77. The van der Waals surface area contributed by atoms with Crippen molar-refractivity contribution in [1.82, 2.24) is 10.3 Å². The monoisotopic (exact) mass is 298 g/mol. The fourth-order valence-electron chi connectivity index (χ4n) is 2.72. The number of rotatable bonds is 4. The molecule has 0 aliphatic heterocycles. The third-order valence-electron chi connectivity index (χ3n) is 3.95. The Bertz CT molecular complexity index is 761. The number of aromatic nitrogens is 1. The first-order valence-corrected chi connectivity index (χ1v) is 7.58. The van der Waals surface area contributed by atoms with Crippen LogP contribution in [0.2, 0.25) is 5.02 Å². The summed E-state index contributed by atoms with van der Waals surface area (Å²) in [6.07, 6.45) is 0. The van der Waals surface area contributed by atoms with Gasteiger partial charge in [-0.1, -0.05) is 54.1 Å². The molecule has 1 aromatic heterocycles. The zero-order valence-electron chi connectivity index (χ0n) is 12.3. The van der Waals surface area contributed by atoms with Crippen LogP contribution in [0.3, 0.4) is 0 Å². The molecule has 2 aromatic carbocycles. The van der Waals surface area contributed by atoms with Gasteiger partial charge in [0.1, 0.15) is 0 Å². The van der Waals surface area contributed by atoms with Crippen molar-refractivity contribution in [1.29, 1.82) is 0 Å². The maximum Gasteiger partial charge on any atom is 0.0705 e. The minimum atomic E-state index is 0.286. The van der Waals surface area contributed by atoms with E-state index in [9.17, 15) is 0 Å². The molecule has 3 rings (SSSR count). The molecule has 0 fully saturated rings. The van der Waals surface area contributed by atoms with Crippen LogP contribution in [0.25, 0.3) is 10.9 Å². The normalized spacial score (nSPS) is 12.7.